The average molecular weight is 528 g/mol. The molecule has 0 fully saturated rings. The van der Waals surface area contributed by atoms with E-state index < -0.39 is 17.8 Å². The summed E-state index contributed by atoms with van der Waals surface area (Å²) in [6.45, 7) is 0.373. The maximum absolute atomic E-state index is 12.6. The van der Waals surface area contributed by atoms with Gasteiger partial charge in [-0.3, -0.25) is 14.4 Å². The third-order valence-corrected chi connectivity index (χ3v) is 4.78. The molecule has 1 aromatic heterocycles. The second kappa shape index (κ2) is 11.6. The summed E-state index contributed by atoms with van der Waals surface area (Å²) in [6, 6.07) is 10.4. The number of nitrogens with one attached hydrogen (secondary N) is 2. The van der Waals surface area contributed by atoms with Gasteiger partial charge in [0.1, 0.15) is 5.70 Å². The lowest BCUT2D eigenvalue weighted by atomic mass is 10.1. The van der Waals surface area contributed by atoms with Crippen LogP contribution in [0, 0.1) is 0 Å². The van der Waals surface area contributed by atoms with Crippen LogP contribution in [0.1, 0.15) is 41.8 Å². The van der Waals surface area contributed by atoms with Gasteiger partial charge in [0.05, 0.1) is 0 Å². The molecule has 0 spiro atoms. The molecule has 29 heavy (non-hydrogen) atoms. The summed E-state index contributed by atoms with van der Waals surface area (Å²) in [7, 11) is 0. The maximum Gasteiger partial charge on any atom is 0.303 e. The van der Waals surface area contributed by atoms with Crippen molar-refractivity contribution in [2.45, 2.75) is 25.7 Å². The van der Waals surface area contributed by atoms with E-state index in [9.17, 15) is 14.4 Å². The van der Waals surface area contributed by atoms with E-state index in [0.717, 1.165) is 10.0 Å². The van der Waals surface area contributed by atoms with Crippen LogP contribution >= 0.6 is 31.9 Å². The summed E-state index contributed by atoms with van der Waals surface area (Å²) >= 11 is 6.49. The van der Waals surface area contributed by atoms with Crippen LogP contribution in [-0.2, 0) is 9.59 Å². The van der Waals surface area contributed by atoms with Gasteiger partial charge in [0.25, 0.3) is 11.8 Å². The van der Waals surface area contributed by atoms with Crippen molar-refractivity contribution in [3.05, 3.63) is 62.6 Å². The van der Waals surface area contributed by atoms with Crippen LogP contribution in [0.5, 0.6) is 0 Å². The van der Waals surface area contributed by atoms with Crippen molar-refractivity contribution in [1.82, 2.24) is 10.6 Å². The van der Waals surface area contributed by atoms with Crippen LogP contribution in [0.4, 0.5) is 0 Å². The molecule has 2 rings (SSSR count). The monoisotopic (exact) mass is 526 g/mol. The van der Waals surface area contributed by atoms with Gasteiger partial charge >= 0.3 is 5.97 Å². The number of benzene rings is 1. The summed E-state index contributed by atoms with van der Waals surface area (Å²) in [4.78, 5) is 35.5. The molecule has 154 valence electrons. The highest BCUT2D eigenvalue weighted by molar-refractivity contribution is 9.10. The van der Waals surface area contributed by atoms with Crippen molar-refractivity contribution >= 4 is 55.7 Å². The van der Waals surface area contributed by atoms with Crippen LogP contribution in [0.15, 0.2) is 55.7 Å². The molecule has 3 N–H and O–H groups in total. The minimum atomic E-state index is -0.832. The first kappa shape index (κ1) is 22.9. The maximum atomic E-state index is 12.6. The molecule has 0 saturated heterocycles. The second-order valence-corrected chi connectivity index (χ2v) is 7.82. The molecule has 7 nitrogen and oxygen atoms in total. The molecule has 9 heteroatoms. The van der Waals surface area contributed by atoms with Gasteiger partial charge < -0.3 is 20.2 Å². The molecule has 0 unspecified atom stereocenters. The standard InChI is InChI=1S/C20H20Br2N2O5/c21-14-7-5-13(6-8-14)12-15(24-20(28)16-9-10-17(22)29-16)19(27)23-11-3-1-2-4-18(25)26/h5-10,12H,1-4,11H2,(H,23,27)(H,24,28)(H,25,26). The fourth-order valence-electron chi connectivity index (χ4n) is 2.38. The molecule has 2 amide bonds. The lowest BCUT2D eigenvalue weighted by Crippen LogP contribution is -2.35. The minimum absolute atomic E-state index is 0.0695. The number of amides is 2. The Morgan fingerprint density at radius 1 is 1.00 bits per heavy atom. The predicted octanol–water partition coefficient (Wildman–Crippen LogP) is 4.34. The van der Waals surface area contributed by atoms with Crippen LogP contribution in [0.3, 0.4) is 0 Å². The van der Waals surface area contributed by atoms with Crippen molar-refractivity contribution in [1.29, 1.82) is 0 Å². The SMILES string of the molecule is O=C(O)CCCCCNC(=O)C(=Cc1ccc(Br)cc1)NC(=O)c1ccc(Br)o1. The fraction of sp³-hybridized carbons (Fsp3) is 0.250. The zero-order chi connectivity index (χ0) is 21.2. The number of furan rings is 1. The number of hydrogen-bond acceptors (Lipinski definition) is 4. The van der Waals surface area contributed by atoms with Gasteiger partial charge in [-0.25, -0.2) is 0 Å². The van der Waals surface area contributed by atoms with E-state index in [0.29, 0.717) is 30.5 Å². The highest BCUT2D eigenvalue weighted by Gasteiger charge is 2.17. The Hall–Kier alpha value is -2.39. The van der Waals surface area contributed by atoms with Gasteiger partial charge in [-0.1, -0.05) is 34.5 Å². The highest BCUT2D eigenvalue weighted by Crippen LogP contribution is 2.16. The molecular formula is C20H20Br2N2O5. The Bertz CT molecular complexity index is 891. The van der Waals surface area contributed by atoms with Crippen LogP contribution in [0.25, 0.3) is 6.08 Å². The normalized spacial score (nSPS) is 11.2. The lowest BCUT2D eigenvalue weighted by Gasteiger charge is -2.10. The third kappa shape index (κ3) is 8.25. The first-order chi connectivity index (χ1) is 13.8. The molecule has 0 aliphatic heterocycles. The quantitative estimate of drug-likeness (QED) is 0.314. The molecule has 0 saturated carbocycles. The Morgan fingerprint density at radius 3 is 2.34 bits per heavy atom. The predicted molar refractivity (Wildman–Crippen MR) is 115 cm³/mol. The summed E-state index contributed by atoms with van der Waals surface area (Å²) in [5, 5.41) is 14.0. The average Bonchev–Trinajstić information content (AvgIpc) is 3.11. The van der Waals surface area contributed by atoms with E-state index in [1.807, 2.05) is 12.1 Å². The number of carboxylic acid groups (broad SMARTS) is 1. The van der Waals surface area contributed by atoms with Gasteiger partial charge in [-0.2, -0.15) is 0 Å². The van der Waals surface area contributed by atoms with Crippen molar-refractivity contribution in [2.24, 2.45) is 0 Å². The Morgan fingerprint density at radius 2 is 1.72 bits per heavy atom. The van der Waals surface area contributed by atoms with Gasteiger partial charge in [0.2, 0.25) is 0 Å². The Balaban J connectivity index is 2.03. The minimum Gasteiger partial charge on any atom is -0.481 e. The number of carboxylic acids is 1. The van der Waals surface area contributed by atoms with E-state index >= 15 is 0 Å². The van der Waals surface area contributed by atoms with Crippen LogP contribution in [0.2, 0.25) is 0 Å². The molecule has 0 radical (unpaired) electrons. The third-order valence-electron chi connectivity index (χ3n) is 3.82. The summed E-state index contributed by atoms with van der Waals surface area (Å²) in [6.07, 6.45) is 3.56. The van der Waals surface area contributed by atoms with Gasteiger partial charge in [0.15, 0.2) is 10.4 Å². The fourth-order valence-corrected chi connectivity index (χ4v) is 2.95. The number of carbonyl (C=O) groups excluding carboxylic acids is 2. The van der Waals surface area contributed by atoms with Crippen molar-refractivity contribution in [3.63, 3.8) is 0 Å². The molecule has 0 bridgehead atoms. The Labute approximate surface area is 184 Å². The summed E-state index contributed by atoms with van der Waals surface area (Å²) in [5.74, 6) is -1.75. The van der Waals surface area contributed by atoms with E-state index in [1.165, 1.54) is 6.07 Å². The first-order valence-corrected chi connectivity index (χ1v) is 10.5. The zero-order valence-electron chi connectivity index (χ0n) is 15.4. The summed E-state index contributed by atoms with van der Waals surface area (Å²) in [5.41, 5.74) is 0.816. The van der Waals surface area contributed by atoms with Crippen molar-refractivity contribution in [3.8, 4) is 0 Å². The number of rotatable bonds is 10. The highest BCUT2D eigenvalue weighted by atomic mass is 79.9. The number of carbonyl (C=O) groups is 3. The van der Waals surface area contributed by atoms with E-state index in [4.69, 9.17) is 9.52 Å². The molecule has 0 atom stereocenters. The summed E-state index contributed by atoms with van der Waals surface area (Å²) < 4.78 is 6.53. The zero-order valence-corrected chi connectivity index (χ0v) is 18.6. The molecule has 0 aliphatic rings. The van der Waals surface area contributed by atoms with Crippen LogP contribution in [-0.4, -0.2) is 29.4 Å². The molecule has 2 aromatic rings. The smallest absolute Gasteiger partial charge is 0.303 e. The number of halogens is 2. The molecule has 0 aliphatic carbocycles. The van der Waals surface area contributed by atoms with Crippen molar-refractivity contribution in [2.75, 3.05) is 6.54 Å². The largest absolute Gasteiger partial charge is 0.481 e. The topological polar surface area (TPSA) is 109 Å². The number of aliphatic carboxylic acids is 1. The lowest BCUT2D eigenvalue weighted by molar-refractivity contribution is -0.137. The van der Waals surface area contributed by atoms with E-state index in [1.54, 1.807) is 24.3 Å². The molecular weight excluding hydrogens is 508 g/mol. The van der Waals surface area contributed by atoms with Gasteiger partial charge in [-0.15, -0.1) is 0 Å². The van der Waals surface area contributed by atoms with Gasteiger partial charge in [-0.05, 0) is 64.7 Å². The van der Waals surface area contributed by atoms with E-state index in [-0.39, 0.29) is 17.9 Å². The van der Waals surface area contributed by atoms with Crippen LogP contribution < -0.4 is 10.6 Å². The van der Waals surface area contributed by atoms with Gasteiger partial charge in [0, 0.05) is 17.4 Å². The number of hydrogen-bond donors (Lipinski definition) is 3. The Kier molecular flexibility index (Phi) is 9.14. The van der Waals surface area contributed by atoms with Crippen molar-refractivity contribution < 1.29 is 23.9 Å². The van der Waals surface area contributed by atoms with E-state index in [2.05, 4.69) is 42.5 Å². The number of unbranched alkanes of at least 4 members (excludes halogenated alkanes) is 2. The molecule has 1 heterocycles. The molecule has 1 aromatic carbocycles. The first-order valence-electron chi connectivity index (χ1n) is 8.89. The second-order valence-electron chi connectivity index (χ2n) is 6.13.